The Hall–Kier alpha value is -2.12. The molecule has 2 aromatic rings. The molecule has 138 valence electrons. The molecule has 2 aromatic carbocycles. The van der Waals surface area contributed by atoms with Gasteiger partial charge in [0.25, 0.3) is 0 Å². The molecule has 2 aliphatic rings. The van der Waals surface area contributed by atoms with Gasteiger partial charge < -0.3 is 14.8 Å². The van der Waals surface area contributed by atoms with Gasteiger partial charge in [-0.25, -0.2) is 12.8 Å². The van der Waals surface area contributed by atoms with Gasteiger partial charge in [0, 0.05) is 17.5 Å². The summed E-state index contributed by atoms with van der Waals surface area (Å²) >= 11 is 0. The molecule has 0 radical (unpaired) electrons. The summed E-state index contributed by atoms with van der Waals surface area (Å²) in [5, 5.41) is 3.31. The minimum Gasteiger partial charge on any atom is -0.494 e. The van der Waals surface area contributed by atoms with Crippen LogP contribution in [0.15, 0.2) is 46.2 Å². The van der Waals surface area contributed by atoms with Gasteiger partial charge in [0.2, 0.25) is 9.84 Å². The molecule has 0 spiro atoms. The van der Waals surface area contributed by atoms with Crippen LogP contribution in [0.2, 0.25) is 0 Å². The third-order valence-corrected chi connectivity index (χ3v) is 7.19. The van der Waals surface area contributed by atoms with E-state index in [4.69, 9.17) is 9.47 Å². The smallest absolute Gasteiger partial charge is 0.206 e. The summed E-state index contributed by atoms with van der Waals surface area (Å²) in [5.74, 6) is 0.0286. The van der Waals surface area contributed by atoms with Crippen molar-refractivity contribution in [1.82, 2.24) is 5.32 Å². The van der Waals surface area contributed by atoms with Gasteiger partial charge in [0.1, 0.15) is 11.9 Å². The Kier molecular flexibility index (Phi) is 3.96. The average Bonchev–Trinajstić information content (AvgIpc) is 2.93. The Morgan fingerprint density at radius 3 is 2.69 bits per heavy atom. The van der Waals surface area contributed by atoms with E-state index in [1.807, 2.05) is 0 Å². The number of ether oxygens (including phenoxy) is 2. The second-order valence-corrected chi connectivity index (χ2v) is 8.89. The van der Waals surface area contributed by atoms with Crippen LogP contribution < -0.4 is 14.8 Å². The van der Waals surface area contributed by atoms with Crippen molar-refractivity contribution in [3.8, 4) is 11.5 Å². The van der Waals surface area contributed by atoms with Crippen LogP contribution in [0, 0.1) is 5.82 Å². The zero-order valence-electron chi connectivity index (χ0n) is 14.6. The average molecular weight is 377 g/mol. The minimum absolute atomic E-state index is 0.0105. The molecular formula is C19H20FNO4S. The molecule has 0 amide bonds. The summed E-state index contributed by atoms with van der Waals surface area (Å²) < 4.78 is 50.8. The molecule has 0 saturated carbocycles. The first-order valence-corrected chi connectivity index (χ1v) is 9.95. The molecule has 4 rings (SSSR count). The highest BCUT2D eigenvalue weighted by molar-refractivity contribution is 7.91. The number of hydrogen-bond acceptors (Lipinski definition) is 5. The Morgan fingerprint density at radius 2 is 1.96 bits per heavy atom. The third-order valence-electron chi connectivity index (χ3n) is 5.44. The lowest BCUT2D eigenvalue weighted by Gasteiger charge is -2.35. The lowest BCUT2D eigenvalue weighted by molar-refractivity contribution is 0.124. The molecule has 0 bridgehead atoms. The summed E-state index contributed by atoms with van der Waals surface area (Å²) in [5.41, 5.74) is 0.677. The number of sulfone groups is 1. The summed E-state index contributed by atoms with van der Waals surface area (Å²) in [6, 6.07) is 8.57. The maximum absolute atomic E-state index is 14.0. The summed E-state index contributed by atoms with van der Waals surface area (Å²) in [4.78, 5) is 0.0477. The van der Waals surface area contributed by atoms with E-state index < -0.39 is 15.7 Å². The van der Waals surface area contributed by atoms with Crippen molar-refractivity contribution in [3.63, 3.8) is 0 Å². The first-order valence-electron chi connectivity index (χ1n) is 8.47. The van der Waals surface area contributed by atoms with E-state index in [-0.39, 0.29) is 27.1 Å². The number of fused-ring (bicyclic) bond motifs is 3. The monoisotopic (exact) mass is 377 g/mol. The Labute approximate surface area is 152 Å². The fourth-order valence-electron chi connectivity index (χ4n) is 3.78. The third kappa shape index (κ3) is 2.49. The van der Waals surface area contributed by atoms with Gasteiger partial charge in [0.15, 0.2) is 11.6 Å². The topological polar surface area (TPSA) is 64.6 Å². The Morgan fingerprint density at radius 1 is 1.23 bits per heavy atom. The second kappa shape index (κ2) is 5.96. The van der Waals surface area contributed by atoms with Crippen LogP contribution in [0.25, 0.3) is 0 Å². The summed E-state index contributed by atoms with van der Waals surface area (Å²) in [6.45, 7) is 3.70. The van der Waals surface area contributed by atoms with Crippen LogP contribution in [0.1, 0.15) is 18.9 Å². The molecule has 2 heterocycles. The van der Waals surface area contributed by atoms with Gasteiger partial charge >= 0.3 is 0 Å². The van der Waals surface area contributed by atoms with E-state index in [0.717, 1.165) is 36.9 Å². The summed E-state index contributed by atoms with van der Waals surface area (Å²) in [7, 11) is -2.50. The van der Waals surface area contributed by atoms with Crippen molar-refractivity contribution in [2.45, 2.75) is 34.7 Å². The number of nitrogens with one attached hydrogen (secondary N) is 1. The standard InChI is InChI=1S/C19H20FNO4S/c1-19-7-8-21-11-18(19)25-16-5-3-12(9-14(16)19)26(22,23)13-4-6-17(24-2)15(20)10-13/h3-6,9-10,18,21H,7-8,11H2,1-2H3. The van der Waals surface area contributed by atoms with Crippen LogP contribution in [0.3, 0.4) is 0 Å². The Bertz CT molecular complexity index is 975. The maximum Gasteiger partial charge on any atom is 0.206 e. The van der Waals surface area contributed by atoms with Gasteiger partial charge in [-0.15, -0.1) is 0 Å². The minimum atomic E-state index is -3.84. The van der Waals surface area contributed by atoms with Gasteiger partial charge in [-0.05, 0) is 49.4 Å². The highest BCUT2D eigenvalue weighted by atomic mass is 32.2. The normalized spacial score (nSPS) is 24.5. The van der Waals surface area contributed by atoms with Crippen LogP contribution >= 0.6 is 0 Å². The Balaban J connectivity index is 1.78. The number of benzene rings is 2. The molecular weight excluding hydrogens is 357 g/mol. The van der Waals surface area contributed by atoms with Crippen molar-refractivity contribution in [3.05, 3.63) is 47.8 Å². The largest absolute Gasteiger partial charge is 0.494 e. The summed E-state index contributed by atoms with van der Waals surface area (Å²) in [6.07, 6.45) is 0.855. The van der Waals surface area contributed by atoms with Gasteiger partial charge in [-0.2, -0.15) is 0 Å². The second-order valence-electron chi connectivity index (χ2n) is 6.94. The molecule has 1 saturated heterocycles. The van der Waals surface area contributed by atoms with Crippen molar-refractivity contribution in [1.29, 1.82) is 0 Å². The first-order chi connectivity index (χ1) is 12.4. The lowest BCUT2D eigenvalue weighted by Crippen LogP contribution is -2.49. The van der Waals surface area contributed by atoms with E-state index in [2.05, 4.69) is 12.2 Å². The molecule has 7 heteroatoms. The molecule has 2 aliphatic heterocycles. The highest BCUT2D eigenvalue weighted by Gasteiger charge is 2.47. The van der Waals surface area contributed by atoms with Crippen LogP contribution in [0.4, 0.5) is 4.39 Å². The van der Waals surface area contributed by atoms with Gasteiger partial charge in [-0.1, -0.05) is 6.92 Å². The number of hydrogen-bond donors (Lipinski definition) is 1. The van der Waals surface area contributed by atoms with Gasteiger partial charge in [0.05, 0.1) is 16.9 Å². The van der Waals surface area contributed by atoms with Crippen LogP contribution in [0.5, 0.6) is 11.5 Å². The number of piperidine rings is 1. The fourth-order valence-corrected chi connectivity index (χ4v) is 5.07. The molecule has 1 fully saturated rings. The van der Waals surface area contributed by atoms with Crippen LogP contribution in [-0.4, -0.2) is 34.7 Å². The van der Waals surface area contributed by atoms with E-state index in [1.165, 1.54) is 25.3 Å². The zero-order valence-corrected chi connectivity index (χ0v) is 15.4. The van der Waals surface area contributed by atoms with Crippen molar-refractivity contribution >= 4 is 9.84 Å². The predicted molar refractivity (Wildman–Crippen MR) is 94.1 cm³/mol. The van der Waals surface area contributed by atoms with Crippen molar-refractivity contribution < 1.29 is 22.3 Å². The van der Waals surface area contributed by atoms with Gasteiger partial charge in [-0.3, -0.25) is 0 Å². The SMILES string of the molecule is COc1ccc(S(=O)(=O)c2ccc3c(c2)C2(C)CCNCC2O3)cc1F. The molecule has 5 nitrogen and oxygen atoms in total. The first kappa shape index (κ1) is 17.3. The molecule has 1 N–H and O–H groups in total. The van der Waals surface area contributed by atoms with Crippen LogP contribution in [-0.2, 0) is 15.3 Å². The van der Waals surface area contributed by atoms with E-state index in [9.17, 15) is 12.8 Å². The number of rotatable bonds is 3. The van der Waals surface area contributed by atoms with Crippen molar-refractivity contribution in [2.75, 3.05) is 20.2 Å². The maximum atomic E-state index is 14.0. The lowest BCUT2D eigenvalue weighted by atomic mass is 9.74. The van der Waals surface area contributed by atoms with E-state index >= 15 is 0 Å². The quantitative estimate of drug-likeness (QED) is 0.891. The zero-order chi connectivity index (χ0) is 18.5. The van der Waals surface area contributed by atoms with E-state index in [1.54, 1.807) is 12.1 Å². The fraction of sp³-hybridized carbons (Fsp3) is 0.368. The molecule has 0 aliphatic carbocycles. The molecule has 0 aromatic heterocycles. The van der Waals surface area contributed by atoms with Crippen molar-refractivity contribution in [2.24, 2.45) is 0 Å². The molecule has 2 atom stereocenters. The molecule has 2 unspecified atom stereocenters. The number of methoxy groups -OCH3 is 1. The van der Waals surface area contributed by atoms with E-state index in [0.29, 0.717) is 0 Å². The number of halogens is 1. The highest BCUT2D eigenvalue weighted by Crippen LogP contribution is 2.47. The molecule has 26 heavy (non-hydrogen) atoms. The predicted octanol–water partition coefficient (Wildman–Crippen LogP) is 2.68.